The molecular formula is C24H33N5O2. The van der Waals surface area contributed by atoms with Gasteiger partial charge in [0, 0.05) is 57.2 Å². The van der Waals surface area contributed by atoms with Crippen LogP contribution in [0.5, 0.6) is 0 Å². The quantitative estimate of drug-likeness (QED) is 0.789. The van der Waals surface area contributed by atoms with Crippen molar-refractivity contribution < 1.29 is 9.59 Å². The van der Waals surface area contributed by atoms with E-state index in [1.807, 2.05) is 11.0 Å². The van der Waals surface area contributed by atoms with Gasteiger partial charge in [-0.2, -0.15) is 5.10 Å². The van der Waals surface area contributed by atoms with E-state index in [-0.39, 0.29) is 23.8 Å². The molecule has 166 valence electrons. The second kappa shape index (κ2) is 9.64. The highest BCUT2D eigenvalue weighted by Gasteiger charge is 2.33. The second-order valence-corrected chi connectivity index (χ2v) is 9.04. The van der Waals surface area contributed by atoms with Gasteiger partial charge in [-0.3, -0.25) is 14.7 Å². The lowest BCUT2D eigenvalue weighted by molar-refractivity contribution is -0.138. The first-order chi connectivity index (χ1) is 15.0. The molecule has 31 heavy (non-hydrogen) atoms. The standard InChI is InChI=1S/C24H33N5O2/c1-17(30)29-15-20(7-8-21(25)16-29)24(31)28-11-9-19(10-12-28)23-14-22(26-27-23)13-18-5-3-2-4-6-18/h2-6,14,19-21H,7-13,15-16,25H2,1H3,(H,26,27)/t20-,21+/m1/s1. The molecular weight excluding hydrogens is 390 g/mol. The van der Waals surface area contributed by atoms with Crippen molar-refractivity contribution in [2.24, 2.45) is 11.7 Å². The number of nitrogens with two attached hydrogens (primary N) is 1. The number of likely N-dealkylation sites (tertiary alicyclic amines) is 2. The maximum absolute atomic E-state index is 13.2. The van der Waals surface area contributed by atoms with Gasteiger partial charge in [0.1, 0.15) is 0 Å². The molecule has 2 atom stereocenters. The van der Waals surface area contributed by atoms with E-state index in [2.05, 4.69) is 40.5 Å². The van der Waals surface area contributed by atoms with E-state index in [1.54, 1.807) is 11.8 Å². The van der Waals surface area contributed by atoms with Crippen LogP contribution >= 0.6 is 0 Å². The molecule has 3 N–H and O–H groups in total. The largest absolute Gasteiger partial charge is 0.342 e. The zero-order chi connectivity index (χ0) is 21.8. The molecule has 0 unspecified atom stereocenters. The van der Waals surface area contributed by atoms with Gasteiger partial charge >= 0.3 is 0 Å². The third-order valence-corrected chi connectivity index (χ3v) is 6.69. The summed E-state index contributed by atoms with van der Waals surface area (Å²) in [6.07, 6.45) is 4.23. The van der Waals surface area contributed by atoms with Crippen molar-refractivity contribution in [3.63, 3.8) is 0 Å². The Morgan fingerprint density at radius 2 is 1.81 bits per heavy atom. The van der Waals surface area contributed by atoms with E-state index < -0.39 is 0 Å². The molecule has 7 heteroatoms. The Kier molecular flexibility index (Phi) is 6.70. The van der Waals surface area contributed by atoms with Crippen LogP contribution in [-0.4, -0.2) is 64.0 Å². The normalized spacial score (nSPS) is 22.9. The molecule has 1 aromatic heterocycles. The number of rotatable bonds is 4. The number of benzene rings is 1. The van der Waals surface area contributed by atoms with Gasteiger partial charge in [-0.15, -0.1) is 0 Å². The zero-order valence-electron chi connectivity index (χ0n) is 18.3. The van der Waals surface area contributed by atoms with Crippen molar-refractivity contribution in [2.45, 2.75) is 51.0 Å². The number of nitrogens with zero attached hydrogens (tertiary/aromatic N) is 3. The number of piperidine rings is 1. The highest BCUT2D eigenvalue weighted by molar-refractivity contribution is 5.80. The van der Waals surface area contributed by atoms with Crippen molar-refractivity contribution >= 4 is 11.8 Å². The summed E-state index contributed by atoms with van der Waals surface area (Å²) in [5, 5.41) is 7.74. The van der Waals surface area contributed by atoms with Gasteiger partial charge in [0.25, 0.3) is 0 Å². The van der Waals surface area contributed by atoms with E-state index in [4.69, 9.17) is 5.73 Å². The number of aromatic amines is 1. The smallest absolute Gasteiger partial charge is 0.227 e. The fraction of sp³-hybridized carbons (Fsp3) is 0.542. The van der Waals surface area contributed by atoms with Crippen molar-refractivity contribution in [1.82, 2.24) is 20.0 Å². The van der Waals surface area contributed by atoms with Crippen LogP contribution in [0.25, 0.3) is 0 Å². The molecule has 0 spiro atoms. The first-order valence-electron chi connectivity index (χ1n) is 11.4. The third kappa shape index (κ3) is 5.34. The molecule has 7 nitrogen and oxygen atoms in total. The lowest BCUT2D eigenvalue weighted by Crippen LogP contribution is -2.45. The summed E-state index contributed by atoms with van der Waals surface area (Å²) in [6, 6.07) is 12.5. The third-order valence-electron chi connectivity index (χ3n) is 6.69. The molecule has 2 aliphatic rings. The van der Waals surface area contributed by atoms with Gasteiger partial charge in [0.05, 0.1) is 11.6 Å². The number of hydrogen-bond acceptors (Lipinski definition) is 4. The maximum atomic E-state index is 13.2. The Bertz CT molecular complexity index is 888. The minimum atomic E-state index is -0.142. The van der Waals surface area contributed by atoms with Gasteiger partial charge < -0.3 is 15.5 Å². The minimum absolute atomic E-state index is 0.00121. The predicted molar refractivity (Wildman–Crippen MR) is 119 cm³/mol. The van der Waals surface area contributed by atoms with Crippen LogP contribution in [0.4, 0.5) is 0 Å². The van der Waals surface area contributed by atoms with Crippen LogP contribution in [0.3, 0.4) is 0 Å². The van der Waals surface area contributed by atoms with Crippen LogP contribution in [0.1, 0.15) is 55.5 Å². The first-order valence-corrected chi connectivity index (χ1v) is 11.4. The van der Waals surface area contributed by atoms with Crippen LogP contribution in [0, 0.1) is 5.92 Å². The Morgan fingerprint density at radius 1 is 1.06 bits per heavy atom. The molecule has 0 aliphatic carbocycles. The Labute approximate surface area is 184 Å². The number of nitrogens with one attached hydrogen (secondary N) is 1. The van der Waals surface area contributed by atoms with E-state index in [0.717, 1.165) is 56.6 Å². The number of amides is 2. The summed E-state index contributed by atoms with van der Waals surface area (Å²) in [4.78, 5) is 28.8. The van der Waals surface area contributed by atoms with Gasteiger partial charge in [0.15, 0.2) is 0 Å². The van der Waals surface area contributed by atoms with Crippen LogP contribution in [0.2, 0.25) is 0 Å². The molecule has 0 saturated carbocycles. The Balaban J connectivity index is 1.32. The van der Waals surface area contributed by atoms with E-state index in [9.17, 15) is 9.59 Å². The van der Waals surface area contributed by atoms with E-state index in [0.29, 0.717) is 19.0 Å². The highest BCUT2D eigenvalue weighted by Crippen LogP contribution is 2.29. The van der Waals surface area contributed by atoms with Crippen molar-refractivity contribution in [2.75, 3.05) is 26.2 Å². The number of H-pyrrole nitrogens is 1. The zero-order valence-corrected chi connectivity index (χ0v) is 18.3. The van der Waals surface area contributed by atoms with Gasteiger partial charge in [-0.25, -0.2) is 0 Å². The lowest BCUT2D eigenvalue weighted by atomic mass is 9.91. The molecule has 2 saturated heterocycles. The number of hydrogen-bond donors (Lipinski definition) is 2. The minimum Gasteiger partial charge on any atom is -0.342 e. The van der Waals surface area contributed by atoms with Crippen LogP contribution in [-0.2, 0) is 16.0 Å². The van der Waals surface area contributed by atoms with E-state index >= 15 is 0 Å². The Hall–Kier alpha value is -2.67. The molecule has 2 amide bonds. The lowest BCUT2D eigenvalue weighted by Gasteiger charge is -2.34. The van der Waals surface area contributed by atoms with Gasteiger partial charge in [0.2, 0.25) is 11.8 Å². The van der Waals surface area contributed by atoms with Crippen LogP contribution in [0.15, 0.2) is 36.4 Å². The molecule has 4 rings (SSSR count). The molecule has 3 heterocycles. The Morgan fingerprint density at radius 3 is 2.52 bits per heavy atom. The summed E-state index contributed by atoms with van der Waals surface area (Å²) >= 11 is 0. The summed E-state index contributed by atoms with van der Waals surface area (Å²) < 4.78 is 0. The van der Waals surface area contributed by atoms with Gasteiger partial charge in [-0.05, 0) is 37.3 Å². The average Bonchev–Trinajstić information content (AvgIpc) is 3.14. The molecule has 0 radical (unpaired) electrons. The van der Waals surface area contributed by atoms with Crippen molar-refractivity contribution in [1.29, 1.82) is 0 Å². The molecule has 2 aromatic rings. The topological polar surface area (TPSA) is 95.3 Å². The van der Waals surface area contributed by atoms with Crippen molar-refractivity contribution in [3.8, 4) is 0 Å². The monoisotopic (exact) mass is 423 g/mol. The fourth-order valence-corrected chi connectivity index (χ4v) is 4.83. The maximum Gasteiger partial charge on any atom is 0.227 e. The molecule has 2 aliphatic heterocycles. The molecule has 0 bridgehead atoms. The number of carbonyl (C=O) groups is 2. The van der Waals surface area contributed by atoms with Crippen molar-refractivity contribution in [3.05, 3.63) is 53.3 Å². The van der Waals surface area contributed by atoms with Gasteiger partial charge in [-0.1, -0.05) is 30.3 Å². The summed E-state index contributed by atoms with van der Waals surface area (Å²) in [5.41, 5.74) is 9.60. The highest BCUT2D eigenvalue weighted by atomic mass is 16.2. The average molecular weight is 424 g/mol. The second-order valence-electron chi connectivity index (χ2n) is 9.04. The number of aromatic nitrogens is 2. The first kappa shape index (κ1) is 21.6. The summed E-state index contributed by atoms with van der Waals surface area (Å²) in [5.74, 6) is 0.405. The van der Waals surface area contributed by atoms with Crippen LogP contribution < -0.4 is 5.73 Å². The molecule has 2 fully saturated rings. The van der Waals surface area contributed by atoms with E-state index in [1.165, 1.54) is 5.56 Å². The molecule has 1 aromatic carbocycles. The SMILES string of the molecule is CC(=O)N1C[C@@H](N)CC[C@@H](C(=O)N2CCC(c3cc(Cc4ccccc4)[nH]n3)CC2)C1. The predicted octanol–water partition coefficient (Wildman–Crippen LogP) is 2.29. The fourth-order valence-electron chi connectivity index (χ4n) is 4.83. The summed E-state index contributed by atoms with van der Waals surface area (Å²) in [6.45, 7) is 4.08. The number of carbonyl (C=O) groups excluding carboxylic acids is 2. The summed E-state index contributed by atoms with van der Waals surface area (Å²) in [7, 11) is 0.